The highest BCUT2D eigenvalue weighted by Gasteiger charge is 2.29. The number of hydrogen-bond acceptors (Lipinski definition) is 4. The third-order valence-corrected chi connectivity index (χ3v) is 6.71. The highest BCUT2D eigenvalue weighted by Crippen LogP contribution is 2.26. The van der Waals surface area contributed by atoms with Gasteiger partial charge in [-0.2, -0.15) is 16.1 Å². The van der Waals surface area contributed by atoms with E-state index in [9.17, 15) is 8.42 Å². The lowest BCUT2D eigenvalue weighted by molar-refractivity contribution is 0.416. The molecular weight excluding hydrogens is 292 g/mol. The minimum atomic E-state index is -3.35. The largest absolute Gasteiger partial charge is 0.316 e. The van der Waals surface area contributed by atoms with Gasteiger partial charge in [-0.25, -0.2) is 8.42 Å². The normalized spacial score (nSPS) is 21.0. The maximum absolute atomic E-state index is 12.7. The van der Waals surface area contributed by atoms with E-state index in [0.29, 0.717) is 29.8 Å². The topological polar surface area (TPSA) is 49.4 Å². The van der Waals surface area contributed by atoms with Crippen molar-refractivity contribution in [1.29, 1.82) is 0 Å². The van der Waals surface area contributed by atoms with Crippen molar-refractivity contribution < 1.29 is 8.42 Å². The molecule has 1 aromatic carbocycles. The molecule has 1 heterocycles. The molecule has 1 N–H and O–H groups in total. The van der Waals surface area contributed by atoms with E-state index in [1.54, 1.807) is 16.4 Å². The van der Waals surface area contributed by atoms with Crippen LogP contribution in [0.3, 0.4) is 0 Å². The molecule has 112 valence electrons. The summed E-state index contributed by atoms with van der Waals surface area (Å²) in [5, 5.41) is 3.46. The summed E-state index contributed by atoms with van der Waals surface area (Å²) in [4.78, 5) is 0.409. The number of sulfonamides is 1. The van der Waals surface area contributed by atoms with E-state index in [1.165, 1.54) is 0 Å². The Kier molecular flexibility index (Phi) is 5.49. The van der Waals surface area contributed by atoms with E-state index < -0.39 is 10.0 Å². The summed E-state index contributed by atoms with van der Waals surface area (Å²) in [5.74, 6) is 0.883. The second-order valence-corrected chi connectivity index (χ2v) is 8.29. The first-order chi connectivity index (χ1) is 9.57. The zero-order chi connectivity index (χ0) is 14.6. The van der Waals surface area contributed by atoms with Gasteiger partial charge in [0.1, 0.15) is 0 Å². The summed E-state index contributed by atoms with van der Waals surface area (Å²) in [5.41, 5.74) is 0.993. The lowest BCUT2D eigenvalue weighted by Crippen LogP contribution is -2.41. The smallest absolute Gasteiger partial charge is 0.243 e. The van der Waals surface area contributed by atoms with Crippen LogP contribution >= 0.6 is 11.8 Å². The Morgan fingerprint density at radius 2 is 2.25 bits per heavy atom. The van der Waals surface area contributed by atoms with Gasteiger partial charge >= 0.3 is 0 Å². The van der Waals surface area contributed by atoms with Crippen molar-refractivity contribution in [2.24, 2.45) is 0 Å². The Bertz CT molecular complexity index is 546. The highest BCUT2D eigenvalue weighted by molar-refractivity contribution is 8.00. The van der Waals surface area contributed by atoms with Crippen LogP contribution < -0.4 is 5.32 Å². The minimum absolute atomic E-state index is 0.409. The molecule has 0 saturated carbocycles. The average Bonchev–Trinajstić information content (AvgIpc) is 2.48. The molecule has 1 unspecified atom stereocenters. The summed E-state index contributed by atoms with van der Waals surface area (Å²) >= 11 is 1.87. The van der Waals surface area contributed by atoms with Gasteiger partial charge < -0.3 is 5.32 Å². The van der Waals surface area contributed by atoms with Gasteiger partial charge in [0.15, 0.2) is 0 Å². The molecule has 0 aliphatic carbocycles. The lowest BCUT2D eigenvalue weighted by Gasteiger charge is -2.31. The van der Waals surface area contributed by atoms with Crippen molar-refractivity contribution in [3.05, 3.63) is 29.8 Å². The first-order valence-corrected chi connectivity index (χ1v) is 9.42. The molecular formula is C14H22N2O2S2. The van der Waals surface area contributed by atoms with E-state index >= 15 is 0 Å². The Balaban J connectivity index is 2.23. The fraction of sp³-hybridized carbons (Fsp3) is 0.571. The number of hydrogen-bond donors (Lipinski definition) is 1. The highest BCUT2D eigenvalue weighted by atomic mass is 32.2. The Morgan fingerprint density at radius 3 is 2.95 bits per heavy atom. The van der Waals surface area contributed by atoms with E-state index in [0.717, 1.165) is 17.7 Å². The number of benzene rings is 1. The van der Waals surface area contributed by atoms with Crippen LogP contribution in [0.1, 0.15) is 18.9 Å². The van der Waals surface area contributed by atoms with Crippen LogP contribution in [0, 0.1) is 0 Å². The van der Waals surface area contributed by atoms with E-state index in [4.69, 9.17) is 0 Å². The van der Waals surface area contributed by atoms with Gasteiger partial charge in [-0.1, -0.05) is 19.1 Å². The standard InChI is InChI=1S/C14H22N2O2S2/c1-3-13-11-16(7-8-19-13)20(17,18)14-6-4-5-12(9-14)10-15-2/h4-6,9,13,15H,3,7-8,10-11H2,1-2H3. The van der Waals surface area contributed by atoms with Crippen molar-refractivity contribution in [2.75, 3.05) is 25.9 Å². The quantitative estimate of drug-likeness (QED) is 0.902. The lowest BCUT2D eigenvalue weighted by atomic mass is 10.2. The molecule has 4 nitrogen and oxygen atoms in total. The molecule has 1 atom stereocenters. The van der Waals surface area contributed by atoms with Crippen LogP contribution in [0.15, 0.2) is 29.2 Å². The molecule has 1 saturated heterocycles. The first kappa shape index (κ1) is 15.8. The van der Waals surface area contributed by atoms with Crippen LogP contribution in [-0.2, 0) is 16.6 Å². The summed E-state index contributed by atoms with van der Waals surface area (Å²) < 4.78 is 27.0. The van der Waals surface area contributed by atoms with E-state index in [-0.39, 0.29) is 0 Å². The predicted octanol–water partition coefficient (Wildman–Crippen LogP) is 1.92. The van der Waals surface area contributed by atoms with Crippen molar-refractivity contribution in [2.45, 2.75) is 30.0 Å². The molecule has 0 bridgehead atoms. The Morgan fingerprint density at radius 1 is 1.45 bits per heavy atom. The van der Waals surface area contributed by atoms with E-state index in [1.807, 2.05) is 30.9 Å². The maximum atomic E-state index is 12.7. The summed E-state index contributed by atoms with van der Waals surface area (Å²) in [6.45, 7) is 4.03. The van der Waals surface area contributed by atoms with Crippen LogP contribution in [-0.4, -0.2) is 43.9 Å². The van der Waals surface area contributed by atoms with Gasteiger partial charge in [-0.3, -0.25) is 0 Å². The second-order valence-electron chi connectivity index (χ2n) is 4.94. The van der Waals surface area contributed by atoms with Crippen LogP contribution in [0.2, 0.25) is 0 Å². The molecule has 6 heteroatoms. The minimum Gasteiger partial charge on any atom is -0.316 e. The fourth-order valence-corrected chi connectivity index (χ4v) is 5.27. The number of nitrogens with zero attached hydrogens (tertiary/aromatic N) is 1. The maximum Gasteiger partial charge on any atom is 0.243 e. The average molecular weight is 314 g/mol. The first-order valence-electron chi connectivity index (χ1n) is 6.93. The summed E-state index contributed by atoms with van der Waals surface area (Å²) in [6, 6.07) is 7.22. The Hall–Kier alpha value is -0.560. The van der Waals surface area contributed by atoms with Crippen molar-refractivity contribution in [3.63, 3.8) is 0 Å². The third kappa shape index (κ3) is 3.55. The zero-order valence-corrected chi connectivity index (χ0v) is 13.6. The molecule has 1 aliphatic heterocycles. The van der Waals surface area contributed by atoms with Gasteiger partial charge in [0.05, 0.1) is 4.90 Å². The molecule has 0 spiro atoms. The second kappa shape index (κ2) is 6.93. The summed E-state index contributed by atoms with van der Waals surface area (Å²) in [6.07, 6.45) is 1.01. The monoisotopic (exact) mass is 314 g/mol. The van der Waals surface area contributed by atoms with Crippen molar-refractivity contribution >= 4 is 21.8 Å². The Labute approximate surface area is 126 Å². The molecule has 20 heavy (non-hydrogen) atoms. The number of nitrogens with one attached hydrogen (secondary N) is 1. The number of rotatable bonds is 5. The van der Waals surface area contributed by atoms with Crippen LogP contribution in [0.25, 0.3) is 0 Å². The zero-order valence-electron chi connectivity index (χ0n) is 12.0. The van der Waals surface area contributed by atoms with Gasteiger partial charge in [0.25, 0.3) is 0 Å². The molecule has 1 aromatic rings. The molecule has 0 amide bonds. The summed E-state index contributed by atoms with van der Waals surface area (Å²) in [7, 11) is -1.50. The van der Waals surface area contributed by atoms with Gasteiger partial charge in [-0.15, -0.1) is 0 Å². The van der Waals surface area contributed by atoms with Crippen LogP contribution in [0.4, 0.5) is 0 Å². The van der Waals surface area contributed by atoms with Crippen LogP contribution in [0.5, 0.6) is 0 Å². The molecule has 1 fully saturated rings. The van der Waals surface area contributed by atoms with Crippen molar-refractivity contribution in [3.8, 4) is 0 Å². The fourth-order valence-electron chi connectivity index (χ4n) is 2.33. The SMILES string of the molecule is CCC1CN(S(=O)(=O)c2cccc(CNC)c2)CCS1. The van der Waals surface area contributed by atoms with Gasteiger partial charge in [-0.05, 0) is 31.2 Å². The van der Waals surface area contributed by atoms with E-state index in [2.05, 4.69) is 12.2 Å². The molecule has 0 radical (unpaired) electrons. The molecule has 2 rings (SSSR count). The predicted molar refractivity (Wildman–Crippen MR) is 84.5 cm³/mol. The number of thioether (sulfide) groups is 1. The molecule has 0 aromatic heterocycles. The van der Waals surface area contributed by atoms with Gasteiger partial charge in [0, 0.05) is 30.6 Å². The van der Waals surface area contributed by atoms with Gasteiger partial charge in [0.2, 0.25) is 10.0 Å². The molecule has 1 aliphatic rings. The third-order valence-electron chi connectivity index (χ3n) is 3.47. The van der Waals surface area contributed by atoms with Crippen molar-refractivity contribution in [1.82, 2.24) is 9.62 Å².